The fourth-order valence-electron chi connectivity index (χ4n) is 2.27. The molecule has 1 aliphatic heterocycles. The summed E-state index contributed by atoms with van der Waals surface area (Å²) in [6.45, 7) is 3.15. The molecule has 0 bridgehead atoms. The van der Waals surface area contributed by atoms with Crippen LogP contribution in [0.25, 0.3) is 0 Å². The number of carbonyl (C=O) groups is 2. The minimum absolute atomic E-state index is 0.0983. The lowest BCUT2D eigenvalue weighted by Crippen LogP contribution is -2.50. The van der Waals surface area contributed by atoms with Crippen molar-refractivity contribution in [1.82, 2.24) is 4.90 Å². The number of amides is 2. The van der Waals surface area contributed by atoms with E-state index in [1.165, 1.54) is 12.1 Å². The number of carbonyl (C=O) groups excluding carboxylic acids is 1. The van der Waals surface area contributed by atoms with Crippen molar-refractivity contribution < 1.29 is 23.8 Å². The number of aromatic carboxylic acids is 1. The zero-order valence-corrected chi connectivity index (χ0v) is 11.6. The van der Waals surface area contributed by atoms with Gasteiger partial charge in [-0.05, 0) is 18.6 Å². The van der Waals surface area contributed by atoms with Crippen LogP contribution < -0.4 is 5.32 Å². The first-order valence-electron chi connectivity index (χ1n) is 6.71. The summed E-state index contributed by atoms with van der Waals surface area (Å²) in [4.78, 5) is 24.9. The monoisotopic (exact) mass is 296 g/mol. The Morgan fingerprint density at radius 1 is 1.52 bits per heavy atom. The molecule has 1 aromatic rings. The number of urea groups is 1. The van der Waals surface area contributed by atoms with Gasteiger partial charge in [0.15, 0.2) is 0 Å². The number of carboxylic acids is 1. The molecule has 0 aromatic heterocycles. The topological polar surface area (TPSA) is 78.9 Å². The Labute approximate surface area is 121 Å². The van der Waals surface area contributed by atoms with Gasteiger partial charge in [0.2, 0.25) is 0 Å². The molecule has 2 amide bonds. The number of anilines is 1. The highest BCUT2D eigenvalue weighted by molar-refractivity contribution is 6.00. The lowest BCUT2D eigenvalue weighted by atomic mass is 10.1. The first-order valence-corrected chi connectivity index (χ1v) is 6.71. The highest BCUT2D eigenvalue weighted by Crippen LogP contribution is 2.21. The summed E-state index contributed by atoms with van der Waals surface area (Å²) in [5.74, 6) is -2.07. The van der Waals surface area contributed by atoms with Gasteiger partial charge in [-0.15, -0.1) is 0 Å². The molecule has 0 saturated carbocycles. The van der Waals surface area contributed by atoms with Crippen LogP contribution in [0.4, 0.5) is 14.9 Å². The highest BCUT2D eigenvalue weighted by Gasteiger charge is 2.27. The van der Waals surface area contributed by atoms with E-state index in [1.54, 1.807) is 4.90 Å². The number of morpholine rings is 1. The molecule has 114 valence electrons. The van der Waals surface area contributed by atoms with Crippen LogP contribution >= 0.6 is 0 Å². The predicted octanol–water partition coefficient (Wildman–Crippen LogP) is 2.17. The van der Waals surface area contributed by atoms with E-state index in [1.807, 2.05) is 6.92 Å². The molecule has 1 atom stereocenters. The molecule has 2 rings (SSSR count). The molecule has 7 heteroatoms. The van der Waals surface area contributed by atoms with Gasteiger partial charge >= 0.3 is 12.0 Å². The second kappa shape index (κ2) is 6.53. The molecule has 21 heavy (non-hydrogen) atoms. The number of rotatable bonds is 3. The van der Waals surface area contributed by atoms with Crippen molar-refractivity contribution in [1.29, 1.82) is 0 Å². The van der Waals surface area contributed by atoms with Gasteiger partial charge in [-0.2, -0.15) is 0 Å². The van der Waals surface area contributed by atoms with E-state index in [9.17, 15) is 14.0 Å². The van der Waals surface area contributed by atoms with Crippen LogP contribution in [-0.2, 0) is 4.74 Å². The van der Waals surface area contributed by atoms with Gasteiger partial charge in [-0.25, -0.2) is 14.0 Å². The summed E-state index contributed by atoms with van der Waals surface area (Å²) in [7, 11) is 0. The molecule has 1 fully saturated rings. The van der Waals surface area contributed by atoms with Gasteiger partial charge in [0.1, 0.15) is 5.82 Å². The fraction of sp³-hybridized carbons (Fsp3) is 0.429. The average Bonchev–Trinajstić information content (AvgIpc) is 2.48. The number of nitrogens with one attached hydrogen (secondary N) is 1. The second-order valence-corrected chi connectivity index (χ2v) is 4.73. The number of nitrogens with zero attached hydrogens (tertiary/aromatic N) is 1. The van der Waals surface area contributed by atoms with Gasteiger partial charge in [0.25, 0.3) is 0 Å². The minimum Gasteiger partial charge on any atom is -0.478 e. The molecule has 0 spiro atoms. The van der Waals surface area contributed by atoms with Crippen LogP contribution in [0.15, 0.2) is 18.2 Å². The van der Waals surface area contributed by atoms with E-state index in [-0.39, 0.29) is 17.3 Å². The number of benzene rings is 1. The molecular formula is C14H17FN2O4. The van der Waals surface area contributed by atoms with Crippen LogP contribution in [0.3, 0.4) is 0 Å². The zero-order valence-electron chi connectivity index (χ0n) is 11.6. The van der Waals surface area contributed by atoms with Crippen molar-refractivity contribution in [3.63, 3.8) is 0 Å². The number of halogens is 1. The van der Waals surface area contributed by atoms with Crippen LogP contribution in [0, 0.1) is 5.82 Å². The molecular weight excluding hydrogens is 279 g/mol. The molecule has 0 aliphatic carbocycles. The first kappa shape index (κ1) is 15.2. The van der Waals surface area contributed by atoms with E-state index in [0.29, 0.717) is 26.2 Å². The summed E-state index contributed by atoms with van der Waals surface area (Å²) in [6, 6.07) is 3.03. The van der Waals surface area contributed by atoms with Gasteiger partial charge in [0.05, 0.1) is 30.5 Å². The predicted molar refractivity (Wildman–Crippen MR) is 74.0 cm³/mol. The van der Waals surface area contributed by atoms with E-state index in [0.717, 1.165) is 6.07 Å². The van der Waals surface area contributed by atoms with Crippen molar-refractivity contribution in [2.75, 3.05) is 25.1 Å². The summed E-state index contributed by atoms with van der Waals surface area (Å²) < 4.78 is 19.1. The smallest absolute Gasteiger partial charge is 0.337 e. The first-order chi connectivity index (χ1) is 10.0. The minimum atomic E-state index is -1.29. The van der Waals surface area contributed by atoms with Gasteiger partial charge < -0.3 is 20.1 Å². The maximum Gasteiger partial charge on any atom is 0.337 e. The third-order valence-corrected chi connectivity index (χ3v) is 3.44. The van der Waals surface area contributed by atoms with E-state index in [2.05, 4.69) is 5.32 Å². The Balaban J connectivity index is 2.21. The Bertz CT molecular complexity index is 550. The Hall–Kier alpha value is -2.15. The van der Waals surface area contributed by atoms with E-state index >= 15 is 0 Å². The lowest BCUT2D eigenvalue weighted by Gasteiger charge is -2.35. The van der Waals surface area contributed by atoms with Crippen molar-refractivity contribution >= 4 is 17.7 Å². The van der Waals surface area contributed by atoms with Crippen molar-refractivity contribution in [3.8, 4) is 0 Å². The Morgan fingerprint density at radius 2 is 2.29 bits per heavy atom. The number of ether oxygens (including phenoxy) is 1. The third-order valence-electron chi connectivity index (χ3n) is 3.44. The van der Waals surface area contributed by atoms with Gasteiger partial charge in [-0.3, -0.25) is 0 Å². The molecule has 1 aliphatic rings. The van der Waals surface area contributed by atoms with Crippen LogP contribution in [0.5, 0.6) is 0 Å². The number of carboxylic acid groups (broad SMARTS) is 1. The molecule has 1 heterocycles. The normalized spacial score (nSPS) is 18.4. The molecule has 1 aromatic carbocycles. The largest absolute Gasteiger partial charge is 0.478 e. The van der Waals surface area contributed by atoms with Crippen molar-refractivity contribution in [3.05, 3.63) is 29.6 Å². The van der Waals surface area contributed by atoms with Crippen molar-refractivity contribution in [2.45, 2.75) is 19.4 Å². The van der Waals surface area contributed by atoms with Crippen LogP contribution in [0.2, 0.25) is 0 Å². The Kier molecular flexibility index (Phi) is 4.74. The number of hydrogen-bond acceptors (Lipinski definition) is 3. The third kappa shape index (κ3) is 3.30. The summed E-state index contributed by atoms with van der Waals surface area (Å²) in [5.41, 5.74) is -0.582. The standard InChI is InChI=1S/C14H17FN2O4/c1-2-9-8-21-7-6-17(9)14(20)16-12-10(13(18)19)4-3-5-11(12)15/h3-5,9H,2,6-8H2,1H3,(H,16,20)(H,18,19). The highest BCUT2D eigenvalue weighted by atomic mass is 19.1. The SMILES string of the molecule is CCC1COCCN1C(=O)Nc1c(F)cccc1C(=O)O. The molecule has 2 N–H and O–H groups in total. The van der Waals surface area contributed by atoms with Gasteiger partial charge in [0, 0.05) is 6.54 Å². The Morgan fingerprint density at radius 3 is 2.95 bits per heavy atom. The van der Waals surface area contributed by atoms with E-state index < -0.39 is 17.8 Å². The summed E-state index contributed by atoms with van der Waals surface area (Å²) >= 11 is 0. The summed E-state index contributed by atoms with van der Waals surface area (Å²) in [5, 5.41) is 11.4. The molecule has 1 saturated heterocycles. The van der Waals surface area contributed by atoms with Gasteiger partial charge in [-0.1, -0.05) is 13.0 Å². The van der Waals surface area contributed by atoms with E-state index in [4.69, 9.17) is 9.84 Å². The number of para-hydroxylation sites is 1. The second-order valence-electron chi connectivity index (χ2n) is 4.73. The van der Waals surface area contributed by atoms with Crippen LogP contribution in [-0.4, -0.2) is 47.8 Å². The average molecular weight is 296 g/mol. The maximum atomic E-state index is 13.8. The maximum absolute atomic E-state index is 13.8. The number of hydrogen-bond donors (Lipinski definition) is 2. The lowest BCUT2D eigenvalue weighted by molar-refractivity contribution is 0.0143. The molecule has 1 unspecified atom stereocenters. The van der Waals surface area contributed by atoms with Crippen molar-refractivity contribution in [2.24, 2.45) is 0 Å². The summed E-state index contributed by atoms with van der Waals surface area (Å²) in [6.07, 6.45) is 0.705. The molecule has 0 radical (unpaired) electrons. The zero-order chi connectivity index (χ0) is 15.4. The molecule has 6 nitrogen and oxygen atoms in total. The quantitative estimate of drug-likeness (QED) is 0.896. The fourth-order valence-corrected chi connectivity index (χ4v) is 2.27. The van der Waals surface area contributed by atoms with Crippen LogP contribution in [0.1, 0.15) is 23.7 Å².